The second-order valence-electron chi connectivity index (χ2n) is 3.35. The van der Waals surface area contributed by atoms with Crippen LogP contribution in [-0.2, 0) is 16.6 Å². The van der Waals surface area contributed by atoms with Crippen LogP contribution in [0.15, 0.2) is 24.3 Å². The highest BCUT2D eigenvalue weighted by Crippen LogP contribution is 2.17. The normalized spacial score (nSPS) is 12.0. The molecular formula is C10H13Cl2NO2S. The number of hydrogen-bond donors (Lipinski definition) is 0. The van der Waals surface area contributed by atoms with Gasteiger partial charge in [0.15, 0.2) is 0 Å². The standard InChI is InChI=1S/C10H13Cl2NO2S/c1-13(16(14,15)7-6-11)8-9-4-2-3-5-10(9)12/h2-5H,6-8H2,1H3. The van der Waals surface area contributed by atoms with E-state index >= 15 is 0 Å². The third-order valence-corrected chi connectivity index (χ3v) is 4.74. The first-order valence-electron chi connectivity index (χ1n) is 4.71. The molecule has 0 aliphatic rings. The molecule has 0 spiro atoms. The molecule has 0 fully saturated rings. The van der Waals surface area contributed by atoms with Crippen LogP contribution in [0.25, 0.3) is 0 Å². The summed E-state index contributed by atoms with van der Waals surface area (Å²) in [6.07, 6.45) is 0. The summed E-state index contributed by atoms with van der Waals surface area (Å²) in [7, 11) is -1.76. The second-order valence-corrected chi connectivity index (χ2v) is 6.33. The minimum atomic E-state index is -3.28. The SMILES string of the molecule is CN(Cc1ccccc1Cl)S(=O)(=O)CCCl. The fourth-order valence-electron chi connectivity index (χ4n) is 1.22. The average Bonchev–Trinajstić information content (AvgIpc) is 2.21. The summed E-state index contributed by atoms with van der Waals surface area (Å²) in [6.45, 7) is 0.263. The Bertz CT molecular complexity index is 448. The van der Waals surface area contributed by atoms with Crippen LogP contribution in [0.2, 0.25) is 5.02 Å². The van der Waals surface area contributed by atoms with Gasteiger partial charge in [0.2, 0.25) is 10.0 Å². The second kappa shape index (κ2) is 5.87. The Balaban J connectivity index is 2.79. The van der Waals surface area contributed by atoms with E-state index in [1.165, 1.54) is 11.4 Å². The van der Waals surface area contributed by atoms with Gasteiger partial charge in [-0.15, -0.1) is 11.6 Å². The Morgan fingerprint density at radius 2 is 1.94 bits per heavy atom. The molecule has 0 atom stereocenters. The molecule has 0 heterocycles. The fourth-order valence-corrected chi connectivity index (χ4v) is 2.84. The lowest BCUT2D eigenvalue weighted by Crippen LogP contribution is -2.29. The van der Waals surface area contributed by atoms with Gasteiger partial charge in [-0.25, -0.2) is 12.7 Å². The van der Waals surface area contributed by atoms with E-state index in [-0.39, 0.29) is 18.2 Å². The number of alkyl halides is 1. The van der Waals surface area contributed by atoms with Gasteiger partial charge in [0.05, 0.1) is 5.75 Å². The van der Waals surface area contributed by atoms with E-state index in [9.17, 15) is 8.42 Å². The third-order valence-electron chi connectivity index (χ3n) is 2.16. The van der Waals surface area contributed by atoms with Crippen LogP contribution in [-0.4, -0.2) is 31.4 Å². The highest BCUT2D eigenvalue weighted by atomic mass is 35.5. The summed E-state index contributed by atoms with van der Waals surface area (Å²) in [5.41, 5.74) is 0.782. The Hall–Kier alpha value is -0.290. The number of hydrogen-bond acceptors (Lipinski definition) is 2. The van der Waals surface area contributed by atoms with E-state index < -0.39 is 10.0 Å². The van der Waals surface area contributed by atoms with Gasteiger partial charge in [0, 0.05) is 24.5 Å². The first-order valence-corrected chi connectivity index (χ1v) is 7.23. The summed E-state index contributed by atoms with van der Waals surface area (Å²) in [5, 5.41) is 0.565. The first-order chi connectivity index (χ1) is 7.47. The lowest BCUT2D eigenvalue weighted by atomic mass is 10.2. The number of rotatable bonds is 5. The molecule has 1 rings (SSSR count). The van der Waals surface area contributed by atoms with Crippen molar-refractivity contribution in [2.45, 2.75) is 6.54 Å². The Morgan fingerprint density at radius 1 is 1.31 bits per heavy atom. The van der Waals surface area contributed by atoms with Crippen LogP contribution in [0, 0.1) is 0 Å². The monoisotopic (exact) mass is 281 g/mol. The molecule has 6 heteroatoms. The van der Waals surface area contributed by atoms with E-state index in [0.717, 1.165) is 5.56 Å². The van der Waals surface area contributed by atoms with E-state index in [1.54, 1.807) is 18.2 Å². The van der Waals surface area contributed by atoms with Crippen molar-refractivity contribution in [1.82, 2.24) is 4.31 Å². The molecule has 90 valence electrons. The van der Waals surface area contributed by atoms with Crippen molar-refractivity contribution in [3.63, 3.8) is 0 Å². The summed E-state index contributed by atoms with van der Waals surface area (Å²) in [5.74, 6) is 0.0324. The number of nitrogens with zero attached hydrogens (tertiary/aromatic N) is 1. The zero-order valence-electron chi connectivity index (χ0n) is 8.86. The molecule has 0 bridgehead atoms. The third kappa shape index (κ3) is 3.63. The number of halogens is 2. The lowest BCUT2D eigenvalue weighted by molar-refractivity contribution is 0.468. The zero-order valence-corrected chi connectivity index (χ0v) is 11.2. The predicted octanol–water partition coefficient (Wildman–Crippen LogP) is 2.34. The maximum Gasteiger partial charge on any atom is 0.215 e. The molecule has 0 N–H and O–H groups in total. The lowest BCUT2D eigenvalue weighted by Gasteiger charge is -2.17. The fraction of sp³-hybridized carbons (Fsp3) is 0.400. The zero-order chi connectivity index (χ0) is 12.2. The highest BCUT2D eigenvalue weighted by Gasteiger charge is 2.17. The summed E-state index contributed by atoms with van der Waals surface area (Å²) in [6, 6.07) is 7.16. The molecule has 0 saturated carbocycles. The Morgan fingerprint density at radius 3 is 2.50 bits per heavy atom. The van der Waals surface area contributed by atoms with Gasteiger partial charge in [-0.2, -0.15) is 0 Å². The molecule has 0 saturated heterocycles. The number of sulfonamides is 1. The summed E-state index contributed by atoms with van der Waals surface area (Å²) < 4.78 is 24.5. The van der Waals surface area contributed by atoms with Crippen molar-refractivity contribution >= 4 is 33.2 Å². The van der Waals surface area contributed by atoms with E-state index in [2.05, 4.69) is 0 Å². The van der Waals surface area contributed by atoms with Crippen LogP contribution in [0.3, 0.4) is 0 Å². The topological polar surface area (TPSA) is 37.4 Å². The molecule has 16 heavy (non-hydrogen) atoms. The van der Waals surface area contributed by atoms with Crippen molar-refractivity contribution < 1.29 is 8.42 Å². The van der Waals surface area contributed by atoms with Crippen molar-refractivity contribution in [3.05, 3.63) is 34.9 Å². The van der Waals surface area contributed by atoms with Gasteiger partial charge < -0.3 is 0 Å². The Kier molecular flexibility index (Phi) is 5.05. The van der Waals surface area contributed by atoms with Crippen molar-refractivity contribution in [2.24, 2.45) is 0 Å². The summed E-state index contributed by atoms with van der Waals surface area (Å²) >= 11 is 11.4. The van der Waals surface area contributed by atoms with Gasteiger partial charge >= 0.3 is 0 Å². The molecule has 0 aromatic heterocycles. The van der Waals surface area contributed by atoms with E-state index in [1.807, 2.05) is 6.07 Å². The predicted molar refractivity (Wildman–Crippen MR) is 67.4 cm³/mol. The van der Waals surface area contributed by atoms with Gasteiger partial charge in [-0.1, -0.05) is 29.8 Å². The van der Waals surface area contributed by atoms with Crippen LogP contribution in [0.4, 0.5) is 0 Å². The molecule has 1 aromatic carbocycles. The van der Waals surface area contributed by atoms with Crippen LogP contribution in [0.5, 0.6) is 0 Å². The van der Waals surface area contributed by atoms with Gasteiger partial charge in [0.1, 0.15) is 0 Å². The van der Waals surface area contributed by atoms with Crippen LogP contribution < -0.4 is 0 Å². The minimum Gasteiger partial charge on any atom is -0.212 e. The highest BCUT2D eigenvalue weighted by molar-refractivity contribution is 7.89. The molecule has 3 nitrogen and oxygen atoms in total. The van der Waals surface area contributed by atoms with Crippen LogP contribution in [0.1, 0.15) is 5.56 Å². The van der Waals surface area contributed by atoms with E-state index in [4.69, 9.17) is 23.2 Å². The molecular weight excluding hydrogens is 269 g/mol. The van der Waals surface area contributed by atoms with Crippen molar-refractivity contribution in [3.8, 4) is 0 Å². The van der Waals surface area contributed by atoms with Crippen molar-refractivity contribution in [2.75, 3.05) is 18.7 Å². The maximum absolute atomic E-state index is 11.6. The Labute approximate surface area is 106 Å². The number of benzene rings is 1. The minimum absolute atomic E-state index is 0.0600. The first kappa shape index (κ1) is 13.8. The van der Waals surface area contributed by atoms with Crippen molar-refractivity contribution in [1.29, 1.82) is 0 Å². The maximum atomic E-state index is 11.6. The molecule has 0 unspecified atom stereocenters. The summed E-state index contributed by atoms with van der Waals surface area (Å²) in [4.78, 5) is 0. The quantitative estimate of drug-likeness (QED) is 0.777. The van der Waals surface area contributed by atoms with Gasteiger partial charge in [-0.3, -0.25) is 0 Å². The van der Waals surface area contributed by atoms with Crippen LogP contribution >= 0.6 is 23.2 Å². The van der Waals surface area contributed by atoms with Gasteiger partial charge in [0.25, 0.3) is 0 Å². The molecule has 1 aromatic rings. The average molecular weight is 282 g/mol. The molecule has 0 amide bonds. The molecule has 0 aliphatic heterocycles. The largest absolute Gasteiger partial charge is 0.215 e. The smallest absolute Gasteiger partial charge is 0.212 e. The van der Waals surface area contributed by atoms with Gasteiger partial charge in [-0.05, 0) is 11.6 Å². The van der Waals surface area contributed by atoms with E-state index in [0.29, 0.717) is 5.02 Å². The molecule has 0 radical (unpaired) electrons. The molecule has 0 aliphatic carbocycles.